The minimum atomic E-state index is -0.888. The summed E-state index contributed by atoms with van der Waals surface area (Å²) in [7, 11) is 1.45. The minimum absolute atomic E-state index is 0.194. The van der Waals surface area contributed by atoms with Gasteiger partial charge in [-0.3, -0.25) is 4.79 Å². The zero-order valence-corrected chi connectivity index (χ0v) is 11.5. The molecule has 1 unspecified atom stereocenters. The molecule has 1 atom stereocenters. The van der Waals surface area contributed by atoms with Crippen molar-refractivity contribution in [2.75, 3.05) is 25.5 Å². The van der Waals surface area contributed by atoms with Crippen LogP contribution in [0, 0.1) is 17.2 Å². The van der Waals surface area contributed by atoms with Gasteiger partial charge < -0.3 is 20.1 Å². The standard InChI is InChI=1S/C14H15N3O4/c1-21-12-6-9(7-15)2-3-11(12)16-14(20)17-5-4-10(8-17)13(18)19/h2-3,6,10H,4-5,8H2,1H3,(H,16,20)(H,18,19). The van der Waals surface area contributed by atoms with Gasteiger partial charge in [0, 0.05) is 19.2 Å². The number of carboxylic acids is 1. The van der Waals surface area contributed by atoms with Crippen molar-refractivity contribution in [3.8, 4) is 11.8 Å². The van der Waals surface area contributed by atoms with E-state index in [1.54, 1.807) is 12.1 Å². The van der Waals surface area contributed by atoms with Gasteiger partial charge in [-0.25, -0.2) is 4.79 Å². The van der Waals surface area contributed by atoms with Crippen molar-refractivity contribution in [2.24, 2.45) is 5.92 Å². The van der Waals surface area contributed by atoms with E-state index < -0.39 is 11.9 Å². The first-order chi connectivity index (χ1) is 10.0. The lowest BCUT2D eigenvalue weighted by Crippen LogP contribution is -2.33. The Morgan fingerprint density at radius 3 is 2.86 bits per heavy atom. The normalized spacial score (nSPS) is 17.1. The highest BCUT2D eigenvalue weighted by atomic mass is 16.5. The maximum absolute atomic E-state index is 12.1. The van der Waals surface area contributed by atoms with Crippen molar-refractivity contribution < 1.29 is 19.4 Å². The number of nitriles is 1. The van der Waals surface area contributed by atoms with E-state index in [1.807, 2.05) is 6.07 Å². The number of methoxy groups -OCH3 is 1. The molecular formula is C14H15N3O4. The molecule has 0 radical (unpaired) electrons. The van der Waals surface area contributed by atoms with Crippen LogP contribution in [0.2, 0.25) is 0 Å². The van der Waals surface area contributed by atoms with Gasteiger partial charge in [-0.15, -0.1) is 0 Å². The molecule has 110 valence electrons. The molecule has 0 aliphatic carbocycles. The number of hydrogen-bond acceptors (Lipinski definition) is 4. The van der Waals surface area contributed by atoms with Gasteiger partial charge in [-0.1, -0.05) is 0 Å². The number of aliphatic carboxylic acids is 1. The number of carbonyl (C=O) groups is 2. The van der Waals surface area contributed by atoms with Crippen LogP contribution in [0.15, 0.2) is 18.2 Å². The summed E-state index contributed by atoms with van der Waals surface area (Å²) in [6, 6.07) is 6.30. The molecule has 7 nitrogen and oxygen atoms in total. The molecule has 0 aromatic heterocycles. The summed E-state index contributed by atoms with van der Waals surface area (Å²) in [5.41, 5.74) is 0.872. The number of amides is 2. The number of likely N-dealkylation sites (tertiary alicyclic amines) is 1. The molecule has 1 aliphatic rings. The summed E-state index contributed by atoms with van der Waals surface area (Å²) in [4.78, 5) is 24.5. The van der Waals surface area contributed by atoms with Gasteiger partial charge in [0.25, 0.3) is 0 Å². The average Bonchev–Trinajstić information content (AvgIpc) is 2.97. The molecule has 0 bridgehead atoms. The van der Waals surface area contributed by atoms with Gasteiger partial charge in [-0.05, 0) is 18.6 Å². The summed E-state index contributed by atoms with van der Waals surface area (Å²) in [5, 5.41) is 20.4. The van der Waals surface area contributed by atoms with Gasteiger partial charge in [0.2, 0.25) is 0 Å². The molecule has 0 spiro atoms. The number of benzene rings is 1. The Morgan fingerprint density at radius 1 is 1.52 bits per heavy atom. The largest absolute Gasteiger partial charge is 0.495 e. The molecule has 2 amide bonds. The molecule has 1 heterocycles. The third-order valence-electron chi connectivity index (χ3n) is 3.40. The molecule has 7 heteroatoms. The Balaban J connectivity index is 2.07. The molecule has 0 saturated carbocycles. The Bertz CT molecular complexity index is 609. The van der Waals surface area contributed by atoms with Crippen LogP contribution in [0.25, 0.3) is 0 Å². The first-order valence-corrected chi connectivity index (χ1v) is 6.42. The fourth-order valence-electron chi connectivity index (χ4n) is 2.20. The fourth-order valence-corrected chi connectivity index (χ4v) is 2.20. The van der Waals surface area contributed by atoms with Crippen molar-refractivity contribution in [3.63, 3.8) is 0 Å². The van der Waals surface area contributed by atoms with Crippen LogP contribution in [0.4, 0.5) is 10.5 Å². The van der Waals surface area contributed by atoms with Crippen molar-refractivity contribution in [3.05, 3.63) is 23.8 Å². The minimum Gasteiger partial charge on any atom is -0.495 e. The predicted molar refractivity (Wildman–Crippen MR) is 74.0 cm³/mol. The smallest absolute Gasteiger partial charge is 0.321 e. The molecular weight excluding hydrogens is 274 g/mol. The van der Waals surface area contributed by atoms with E-state index in [2.05, 4.69) is 5.32 Å². The van der Waals surface area contributed by atoms with Gasteiger partial charge in [0.15, 0.2) is 0 Å². The first-order valence-electron chi connectivity index (χ1n) is 6.42. The highest BCUT2D eigenvalue weighted by Gasteiger charge is 2.31. The molecule has 1 saturated heterocycles. The molecule has 1 aromatic carbocycles. The summed E-state index contributed by atoms with van der Waals surface area (Å²) in [5.74, 6) is -1.02. The topological polar surface area (TPSA) is 103 Å². The van der Waals surface area contributed by atoms with Crippen molar-refractivity contribution >= 4 is 17.7 Å². The maximum Gasteiger partial charge on any atom is 0.321 e. The second-order valence-corrected chi connectivity index (χ2v) is 4.73. The lowest BCUT2D eigenvalue weighted by Gasteiger charge is -2.18. The summed E-state index contributed by atoms with van der Waals surface area (Å²) < 4.78 is 5.13. The first kappa shape index (κ1) is 14.7. The number of nitrogens with one attached hydrogen (secondary N) is 1. The van der Waals surface area contributed by atoms with Crippen LogP contribution in [-0.2, 0) is 4.79 Å². The van der Waals surface area contributed by atoms with E-state index in [0.29, 0.717) is 30.0 Å². The number of carboxylic acid groups (broad SMARTS) is 1. The highest BCUT2D eigenvalue weighted by Crippen LogP contribution is 2.26. The van der Waals surface area contributed by atoms with E-state index in [1.165, 1.54) is 18.1 Å². The van der Waals surface area contributed by atoms with Crippen molar-refractivity contribution in [1.29, 1.82) is 5.26 Å². The lowest BCUT2D eigenvalue weighted by molar-refractivity contribution is -0.141. The molecule has 2 rings (SSSR count). The second-order valence-electron chi connectivity index (χ2n) is 4.73. The molecule has 2 N–H and O–H groups in total. The van der Waals surface area contributed by atoms with E-state index in [-0.39, 0.29) is 12.6 Å². The lowest BCUT2D eigenvalue weighted by atomic mass is 10.1. The van der Waals surface area contributed by atoms with Crippen LogP contribution in [-0.4, -0.2) is 42.2 Å². The zero-order chi connectivity index (χ0) is 15.4. The maximum atomic E-state index is 12.1. The third-order valence-corrected chi connectivity index (χ3v) is 3.40. The van der Waals surface area contributed by atoms with E-state index >= 15 is 0 Å². The Hall–Kier alpha value is -2.75. The fraction of sp³-hybridized carbons (Fsp3) is 0.357. The van der Waals surface area contributed by atoms with E-state index in [4.69, 9.17) is 15.1 Å². The Morgan fingerprint density at radius 2 is 2.29 bits per heavy atom. The molecule has 1 fully saturated rings. The number of carbonyl (C=O) groups excluding carboxylic acids is 1. The van der Waals surface area contributed by atoms with Gasteiger partial charge >= 0.3 is 12.0 Å². The van der Waals surface area contributed by atoms with Crippen molar-refractivity contribution in [1.82, 2.24) is 4.90 Å². The van der Waals surface area contributed by atoms with E-state index in [0.717, 1.165) is 0 Å². The predicted octanol–water partition coefficient (Wildman–Crippen LogP) is 1.51. The SMILES string of the molecule is COc1cc(C#N)ccc1NC(=O)N1CCC(C(=O)O)C1. The van der Waals surface area contributed by atoms with Gasteiger partial charge in [-0.2, -0.15) is 5.26 Å². The van der Waals surface area contributed by atoms with Crippen LogP contribution in [0.5, 0.6) is 5.75 Å². The van der Waals surface area contributed by atoms with Gasteiger partial charge in [0.05, 0.1) is 30.3 Å². The van der Waals surface area contributed by atoms with Crippen LogP contribution in [0.1, 0.15) is 12.0 Å². The average molecular weight is 289 g/mol. The van der Waals surface area contributed by atoms with E-state index in [9.17, 15) is 9.59 Å². The summed E-state index contributed by atoms with van der Waals surface area (Å²) in [6.07, 6.45) is 0.452. The summed E-state index contributed by atoms with van der Waals surface area (Å²) >= 11 is 0. The second kappa shape index (κ2) is 6.13. The Labute approximate surface area is 121 Å². The van der Waals surface area contributed by atoms with Gasteiger partial charge in [0.1, 0.15) is 5.75 Å². The molecule has 1 aliphatic heterocycles. The zero-order valence-electron chi connectivity index (χ0n) is 11.5. The monoisotopic (exact) mass is 289 g/mol. The van der Waals surface area contributed by atoms with Crippen molar-refractivity contribution in [2.45, 2.75) is 6.42 Å². The highest BCUT2D eigenvalue weighted by molar-refractivity contribution is 5.91. The summed E-state index contributed by atoms with van der Waals surface area (Å²) in [6.45, 7) is 0.598. The number of rotatable bonds is 3. The number of hydrogen-bond donors (Lipinski definition) is 2. The third kappa shape index (κ3) is 3.23. The van der Waals surface area contributed by atoms with Crippen LogP contribution in [0.3, 0.4) is 0 Å². The molecule has 21 heavy (non-hydrogen) atoms. The van der Waals surface area contributed by atoms with Crippen LogP contribution < -0.4 is 10.1 Å². The Kier molecular flexibility index (Phi) is 4.28. The van der Waals surface area contributed by atoms with Crippen LogP contribution >= 0.6 is 0 Å². The quantitative estimate of drug-likeness (QED) is 0.877. The number of urea groups is 1. The number of ether oxygens (including phenoxy) is 1. The molecule has 1 aromatic rings. The number of nitrogens with zero attached hydrogens (tertiary/aromatic N) is 2. The number of anilines is 1.